The summed E-state index contributed by atoms with van der Waals surface area (Å²) < 4.78 is 41.4. The Labute approximate surface area is 161 Å². The number of nitrogens with one attached hydrogen (secondary N) is 1. The van der Waals surface area contributed by atoms with Gasteiger partial charge in [-0.05, 0) is 35.4 Å². The first kappa shape index (κ1) is 19.5. The van der Waals surface area contributed by atoms with E-state index in [0.29, 0.717) is 21.2 Å². The molecule has 1 aliphatic rings. The zero-order valence-electron chi connectivity index (χ0n) is 13.8. The van der Waals surface area contributed by atoms with E-state index in [4.69, 9.17) is 28.0 Å². The van der Waals surface area contributed by atoms with Gasteiger partial charge >= 0.3 is 0 Å². The SMILES string of the molecule is CN1OCC(S(=O)(=O)NCc2cccc(F)c2)C1c1ccc(Cl)c(Cl)c1. The van der Waals surface area contributed by atoms with Gasteiger partial charge in [0.25, 0.3) is 0 Å². The van der Waals surface area contributed by atoms with Gasteiger partial charge in [0.2, 0.25) is 10.0 Å². The molecule has 1 N–H and O–H groups in total. The molecule has 2 unspecified atom stereocenters. The van der Waals surface area contributed by atoms with Gasteiger partial charge in [-0.3, -0.25) is 4.84 Å². The van der Waals surface area contributed by atoms with E-state index in [2.05, 4.69) is 4.72 Å². The Morgan fingerprint density at radius 1 is 1.23 bits per heavy atom. The Kier molecular flexibility index (Phi) is 5.86. The molecule has 1 fully saturated rings. The molecule has 1 saturated heterocycles. The average Bonchev–Trinajstić information content (AvgIpc) is 2.98. The van der Waals surface area contributed by atoms with Crippen molar-refractivity contribution in [3.05, 3.63) is 69.5 Å². The molecule has 0 spiro atoms. The van der Waals surface area contributed by atoms with Gasteiger partial charge in [-0.2, -0.15) is 5.06 Å². The van der Waals surface area contributed by atoms with Crippen molar-refractivity contribution in [2.24, 2.45) is 0 Å². The van der Waals surface area contributed by atoms with Gasteiger partial charge in [0, 0.05) is 13.6 Å². The summed E-state index contributed by atoms with van der Waals surface area (Å²) in [6, 6.07) is 10.2. The zero-order chi connectivity index (χ0) is 18.9. The lowest BCUT2D eigenvalue weighted by molar-refractivity contribution is -0.110. The fraction of sp³-hybridized carbons (Fsp3) is 0.294. The van der Waals surface area contributed by atoms with E-state index in [0.717, 1.165) is 0 Å². The molecule has 0 radical (unpaired) electrons. The minimum absolute atomic E-state index is 0.000103. The number of hydroxylamine groups is 2. The van der Waals surface area contributed by atoms with E-state index in [-0.39, 0.29) is 13.2 Å². The summed E-state index contributed by atoms with van der Waals surface area (Å²) in [5.41, 5.74) is 1.22. The van der Waals surface area contributed by atoms with Crippen molar-refractivity contribution in [3.8, 4) is 0 Å². The summed E-state index contributed by atoms with van der Waals surface area (Å²) in [6.07, 6.45) is 0. The lowest BCUT2D eigenvalue weighted by Gasteiger charge is -2.23. The van der Waals surface area contributed by atoms with E-state index < -0.39 is 27.1 Å². The van der Waals surface area contributed by atoms with Gasteiger partial charge in [-0.25, -0.2) is 17.5 Å². The second-order valence-corrected chi connectivity index (χ2v) is 8.79. The third kappa shape index (κ3) is 4.19. The Bertz CT molecular complexity index is 911. The van der Waals surface area contributed by atoms with Crippen molar-refractivity contribution in [2.75, 3.05) is 13.7 Å². The van der Waals surface area contributed by atoms with Crippen LogP contribution in [0.1, 0.15) is 17.2 Å². The molecule has 26 heavy (non-hydrogen) atoms. The summed E-state index contributed by atoms with van der Waals surface area (Å²) >= 11 is 12.0. The van der Waals surface area contributed by atoms with Crippen molar-refractivity contribution in [2.45, 2.75) is 17.8 Å². The fourth-order valence-corrected chi connectivity index (χ4v) is 4.71. The predicted molar refractivity (Wildman–Crippen MR) is 98.9 cm³/mol. The molecule has 1 aliphatic heterocycles. The third-order valence-corrected chi connectivity index (χ3v) is 6.71. The molecule has 0 saturated carbocycles. The van der Waals surface area contributed by atoms with Gasteiger partial charge in [-0.15, -0.1) is 0 Å². The molecule has 0 aromatic heterocycles. The van der Waals surface area contributed by atoms with Crippen molar-refractivity contribution in [3.63, 3.8) is 0 Å². The van der Waals surface area contributed by atoms with E-state index in [1.165, 1.54) is 23.3 Å². The molecule has 1 heterocycles. The van der Waals surface area contributed by atoms with Gasteiger partial charge in [-0.1, -0.05) is 41.4 Å². The van der Waals surface area contributed by atoms with Gasteiger partial charge < -0.3 is 0 Å². The van der Waals surface area contributed by atoms with Gasteiger partial charge in [0.1, 0.15) is 11.1 Å². The summed E-state index contributed by atoms with van der Waals surface area (Å²) in [4.78, 5) is 5.44. The Balaban J connectivity index is 1.82. The molecule has 140 valence electrons. The summed E-state index contributed by atoms with van der Waals surface area (Å²) in [5.74, 6) is -0.417. The largest absolute Gasteiger partial charge is 0.297 e. The maximum atomic E-state index is 13.3. The van der Waals surface area contributed by atoms with Crippen LogP contribution in [0.4, 0.5) is 4.39 Å². The summed E-state index contributed by atoms with van der Waals surface area (Å²) in [7, 11) is -2.08. The fourth-order valence-electron chi connectivity index (χ4n) is 2.91. The van der Waals surface area contributed by atoms with Crippen LogP contribution in [0.2, 0.25) is 10.0 Å². The number of benzene rings is 2. The molecular formula is C17H17Cl2FN2O3S. The van der Waals surface area contributed by atoms with Crippen molar-refractivity contribution < 1.29 is 17.6 Å². The highest BCUT2D eigenvalue weighted by molar-refractivity contribution is 7.90. The van der Waals surface area contributed by atoms with Crippen LogP contribution in [0.25, 0.3) is 0 Å². The molecular weight excluding hydrogens is 402 g/mol. The molecule has 2 atom stereocenters. The molecule has 3 rings (SSSR count). The van der Waals surface area contributed by atoms with E-state index >= 15 is 0 Å². The molecule has 0 amide bonds. The summed E-state index contributed by atoms with van der Waals surface area (Å²) in [5, 5.41) is 1.37. The van der Waals surface area contributed by atoms with Crippen LogP contribution < -0.4 is 4.72 Å². The lowest BCUT2D eigenvalue weighted by atomic mass is 10.0. The standard InChI is InChI=1S/C17H17Cl2FN2O3S/c1-22-17(12-5-6-14(18)15(19)8-12)16(10-25-22)26(23,24)21-9-11-3-2-4-13(20)7-11/h2-8,16-17,21H,9-10H2,1H3. The maximum Gasteiger partial charge on any atom is 0.219 e. The van der Waals surface area contributed by atoms with Crippen molar-refractivity contribution in [1.82, 2.24) is 9.79 Å². The highest BCUT2D eigenvalue weighted by Crippen LogP contribution is 2.36. The van der Waals surface area contributed by atoms with Gasteiger partial charge in [0.15, 0.2) is 0 Å². The normalized spacial score (nSPS) is 21.2. The van der Waals surface area contributed by atoms with Crippen LogP contribution >= 0.6 is 23.2 Å². The second-order valence-electron chi connectivity index (χ2n) is 5.99. The summed E-state index contributed by atoms with van der Waals surface area (Å²) in [6.45, 7) is -0.00566. The molecule has 0 bridgehead atoms. The third-order valence-electron chi connectivity index (χ3n) is 4.24. The molecule has 9 heteroatoms. The van der Waals surface area contributed by atoms with Crippen molar-refractivity contribution in [1.29, 1.82) is 0 Å². The predicted octanol–water partition coefficient (Wildman–Crippen LogP) is 3.54. The lowest BCUT2D eigenvalue weighted by Crippen LogP contribution is -2.39. The van der Waals surface area contributed by atoms with E-state index in [1.807, 2.05) is 0 Å². The maximum absolute atomic E-state index is 13.3. The zero-order valence-corrected chi connectivity index (χ0v) is 16.2. The van der Waals surface area contributed by atoms with Crippen LogP contribution in [0.5, 0.6) is 0 Å². The van der Waals surface area contributed by atoms with Crippen LogP contribution in [-0.4, -0.2) is 32.4 Å². The molecule has 2 aromatic rings. The number of sulfonamides is 1. The minimum atomic E-state index is -3.74. The Morgan fingerprint density at radius 2 is 2.00 bits per heavy atom. The smallest absolute Gasteiger partial charge is 0.219 e. The van der Waals surface area contributed by atoms with Crippen LogP contribution in [0.15, 0.2) is 42.5 Å². The first-order chi connectivity index (χ1) is 12.3. The first-order valence-corrected chi connectivity index (χ1v) is 10.1. The van der Waals surface area contributed by atoms with Crippen LogP contribution in [0, 0.1) is 5.82 Å². The molecule has 0 aliphatic carbocycles. The minimum Gasteiger partial charge on any atom is -0.297 e. The molecule has 5 nitrogen and oxygen atoms in total. The topological polar surface area (TPSA) is 58.6 Å². The quantitative estimate of drug-likeness (QED) is 0.806. The number of hydrogen-bond donors (Lipinski definition) is 1. The Hall–Kier alpha value is -1.22. The van der Waals surface area contributed by atoms with Crippen LogP contribution in [-0.2, 0) is 21.4 Å². The average molecular weight is 419 g/mol. The highest BCUT2D eigenvalue weighted by Gasteiger charge is 2.43. The highest BCUT2D eigenvalue weighted by atomic mass is 35.5. The molecule has 2 aromatic carbocycles. The first-order valence-electron chi connectivity index (χ1n) is 7.81. The number of rotatable bonds is 5. The number of hydrogen-bond acceptors (Lipinski definition) is 4. The van der Waals surface area contributed by atoms with Gasteiger partial charge in [0.05, 0.1) is 22.7 Å². The monoisotopic (exact) mass is 418 g/mol. The van der Waals surface area contributed by atoms with Crippen LogP contribution in [0.3, 0.4) is 0 Å². The van der Waals surface area contributed by atoms with Crippen molar-refractivity contribution >= 4 is 33.2 Å². The van der Waals surface area contributed by atoms with E-state index in [1.54, 1.807) is 31.3 Å². The number of halogens is 3. The van der Waals surface area contributed by atoms with E-state index in [9.17, 15) is 12.8 Å². The Morgan fingerprint density at radius 3 is 2.69 bits per heavy atom. The second kappa shape index (κ2) is 7.80. The number of nitrogens with zero attached hydrogens (tertiary/aromatic N) is 1.